The standard InChI is InChI=1S/C11H9F3N2O3/c12-11(13,14)19-8-3-1-2-7(4-8)16-6-15-5-9(17)10(16)18/h1-5,17-18H,6H2. The number of hydrogen-bond donors (Lipinski definition) is 2. The monoisotopic (exact) mass is 274 g/mol. The van der Waals surface area contributed by atoms with Gasteiger partial charge in [0.2, 0.25) is 5.88 Å². The molecule has 0 bridgehead atoms. The van der Waals surface area contributed by atoms with Crippen molar-refractivity contribution in [3.05, 3.63) is 35.9 Å². The highest BCUT2D eigenvalue weighted by Crippen LogP contribution is 2.28. The van der Waals surface area contributed by atoms with Crippen molar-refractivity contribution in [2.75, 3.05) is 11.6 Å². The molecular weight excluding hydrogens is 265 g/mol. The summed E-state index contributed by atoms with van der Waals surface area (Å²) in [5.74, 6) is -1.38. The molecule has 0 atom stereocenters. The second kappa shape index (κ2) is 4.71. The normalized spacial score (nSPS) is 15.8. The Bertz CT molecular complexity index is 540. The third kappa shape index (κ3) is 3.09. The summed E-state index contributed by atoms with van der Waals surface area (Å²) in [5, 5.41) is 18.9. The molecule has 1 aliphatic heterocycles. The predicted molar refractivity (Wildman–Crippen MR) is 61.2 cm³/mol. The van der Waals surface area contributed by atoms with Gasteiger partial charge in [0.05, 0.1) is 6.21 Å². The molecule has 0 aromatic heterocycles. The van der Waals surface area contributed by atoms with E-state index in [0.29, 0.717) is 0 Å². The number of halogens is 3. The number of alkyl halides is 3. The zero-order valence-electron chi connectivity index (χ0n) is 9.42. The SMILES string of the molecule is OC1=C(O)N(c2cccc(OC(F)(F)F)c2)CN=C1. The third-order valence-electron chi connectivity index (χ3n) is 2.28. The van der Waals surface area contributed by atoms with Gasteiger partial charge in [0.1, 0.15) is 12.4 Å². The molecule has 19 heavy (non-hydrogen) atoms. The maximum atomic E-state index is 12.1. The first-order chi connectivity index (χ1) is 8.87. The molecule has 0 aliphatic carbocycles. The first kappa shape index (κ1) is 13.1. The van der Waals surface area contributed by atoms with E-state index >= 15 is 0 Å². The van der Waals surface area contributed by atoms with Gasteiger partial charge in [0.25, 0.3) is 0 Å². The molecule has 1 aromatic rings. The van der Waals surface area contributed by atoms with Crippen molar-refractivity contribution in [1.29, 1.82) is 0 Å². The highest BCUT2D eigenvalue weighted by atomic mass is 19.4. The van der Waals surface area contributed by atoms with Crippen LogP contribution in [0.2, 0.25) is 0 Å². The van der Waals surface area contributed by atoms with Crippen LogP contribution in [0.1, 0.15) is 0 Å². The summed E-state index contributed by atoms with van der Waals surface area (Å²) < 4.78 is 40.1. The summed E-state index contributed by atoms with van der Waals surface area (Å²) >= 11 is 0. The maximum Gasteiger partial charge on any atom is 0.573 e. The smallest absolute Gasteiger partial charge is 0.502 e. The van der Waals surface area contributed by atoms with Gasteiger partial charge in [0.15, 0.2) is 5.76 Å². The molecule has 0 radical (unpaired) electrons. The first-order valence-electron chi connectivity index (χ1n) is 5.12. The van der Waals surface area contributed by atoms with Gasteiger partial charge < -0.3 is 14.9 Å². The zero-order valence-corrected chi connectivity index (χ0v) is 9.42. The minimum Gasteiger partial charge on any atom is -0.502 e. The Morgan fingerprint density at radius 2 is 2.00 bits per heavy atom. The molecule has 0 fully saturated rings. The van der Waals surface area contributed by atoms with Crippen LogP contribution >= 0.6 is 0 Å². The van der Waals surface area contributed by atoms with Crippen molar-refractivity contribution < 1.29 is 28.1 Å². The van der Waals surface area contributed by atoms with Crippen LogP contribution in [0.5, 0.6) is 5.75 Å². The number of aliphatic hydroxyl groups is 2. The molecule has 8 heteroatoms. The molecular formula is C11H9F3N2O3. The van der Waals surface area contributed by atoms with Crippen molar-refractivity contribution in [3.63, 3.8) is 0 Å². The maximum absolute atomic E-state index is 12.1. The molecule has 0 amide bonds. The molecule has 1 aromatic carbocycles. The number of benzene rings is 1. The summed E-state index contributed by atoms with van der Waals surface area (Å²) in [6.07, 6.45) is -3.74. The van der Waals surface area contributed by atoms with E-state index in [1.165, 1.54) is 12.1 Å². The highest BCUT2D eigenvalue weighted by Gasteiger charge is 2.31. The van der Waals surface area contributed by atoms with Gasteiger partial charge in [-0.1, -0.05) is 6.07 Å². The van der Waals surface area contributed by atoms with E-state index in [1.54, 1.807) is 0 Å². The van der Waals surface area contributed by atoms with Crippen LogP contribution in [0.15, 0.2) is 40.9 Å². The summed E-state index contributed by atoms with van der Waals surface area (Å²) in [4.78, 5) is 4.88. The fourth-order valence-corrected chi connectivity index (χ4v) is 1.52. The van der Waals surface area contributed by atoms with Gasteiger partial charge in [-0.05, 0) is 12.1 Å². The fraction of sp³-hybridized carbons (Fsp3) is 0.182. The van der Waals surface area contributed by atoms with Crippen LogP contribution in [0, 0.1) is 0 Å². The molecule has 1 aliphatic rings. The predicted octanol–water partition coefficient (Wildman–Crippen LogP) is 2.72. The highest BCUT2D eigenvalue weighted by molar-refractivity contribution is 5.79. The van der Waals surface area contributed by atoms with Crippen molar-refractivity contribution in [2.24, 2.45) is 4.99 Å². The van der Waals surface area contributed by atoms with E-state index in [2.05, 4.69) is 9.73 Å². The average molecular weight is 274 g/mol. The van der Waals surface area contributed by atoms with E-state index in [-0.39, 0.29) is 12.4 Å². The van der Waals surface area contributed by atoms with Gasteiger partial charge in [-0.2, -0.15) is 0 Å². The number of ether oxygens (including phenoxy) is 1. The van der Waals surface area contributed by atoms with Crippen LogP contribution in [0.4, 0.5) is 18.9 Å². The van der Waals surface area contributed by atoms with Gasteiger partial charge in [0, 0.05) is 11.8 Å². The van der Waals surface area contributed by atoms with Gasteiger partial charge in [-0.3, -0.25) is 9.89 Å². The number of aliphatic hydroxyl groups excluding tert-OH is 2. The van der Waals surface area contributed by atoms with Crippen molar-refractivity contribution in [2.45, 2.75) is 6.36 Å². The van der Waals surface area contributed by atoms with Crippen molar-refractivity contribution in [1.82, 2.24) is 0 Å². The minimum atomic E-state index is -4.79. The Kier molecular flexibility index (Phi) is 3.24. The molecule has 5 nitrogen and oxygen atoms in total. The van der Waals surface area contributed by atoms with Crippen LogP contribution in [-0.2, 0) is 0 Å². The molecule has 0 spiro atoms. The average Bonchev–Trinajstić information content (AvgIpc) is 2.31. The lowest BCUT2D eigenvalue weighted by atomic mass is 10.2. The Morgan fingerprint density at radius 1 is 1.26 bits per heavy atom. The molecule has 0 unspecified atom stereocenters. The van der Waals surface area contributed by atoms with Crippen LogP contribution < -0.4 is 9.64 Å². The minimum absolute atomic E-state index is 0.0225. The Hall–Kier alpha value is -2.38. The van der Waals surface area contributed by atoms with Gasteiger partial charge in [-0.15, -0.1) is 13.2 Å². The van der Waals surface area contributed by atoms with Gasteiger partial charge in [-0.25, -0.2) is 0 Å². The Balaban J connectivity index is 2.27. The van der Waals surface area contributed by atoms with Crippen molar-refractivity contribution >= 4 is 11.9 Å². The molecule has 2 N–H and O–H groups in total. The largest absolute Gasteiger partial charge is 0.573 e. The second-order valence-corrected chi connectivity index (χ2v) is 3.64. The lowest BCUT2D eigenvalue weighted by Gasteiger charge is -2.24. The van der Waals surface area contributed by atoms with E-state index in [9.17, 15) is 23.4 Å². The summed E-state index contributed by atoms with van der Waals surface area (Å²) in [7, 11) is 0. The topological polar surface area (TPSA) is 65.3 Å². The second-order valence-electron chi connectivity index (χ2n) is 3.64. The first-order valence-corrected chi connectivity index (χ1v) is 5.12. The summed E-state index contributed by atoms with van der Waals surface area (Å²) in [6.45, 7) is -0.0225. The van der Waals surface area contributed by atoms with Crippen LogP contribution in [0.3, 0.4) is 0 Å². The number of nitrogens with zero attached hydrogens (tertiary/aromatic N) is 2. The summed E-state index contributed by atoms with van der Waals surface area (Å²) in [6, 6.07) is 5.00. The molecule has 102 valence electrons. The Morgan fingerprint density at radius 3 is 2.68 bits per heavy atom. The lowest BCUT2D eigenvalue weighted by molar-refractivity contribution is -0.274. The quantitative estimate of drug-likeness (QED) is 0.870. The molecule has 2 rings (SSSR count). The number of anilines is 1. The zero-order chi connectivity index (χ0) is 14.0. The van der Waals surface area contributed by atoms with Crippen molar-refractivity contribution in [3.8, 4) is 5.75 Å². The molecule has 1 heterocycles. The van der Waals surface area contributed by atoms with E-state index < -0.39 is 23.8 Å². The fourth-order valence-electron chi connectivity index (χ4n) is 1.52. The van der Waals surface area contributed by atoms with E-state index in [1.807, 2.05) is 0 Å². The van der Waals surface area contributed by atoms with Crippen LogP contribution in [0.25, 0.3) is 0 Å². The van der Waals surface area contributed by atoms with Gasteiger partial charge >= 0.3 is 6.36 Å². The number of allylic oxidation sites excluding steroid dienone is 1. The summed E-state index contributed by atoms with van der Waals surface area (Å²) in [5.41, 5.74) is 0.211. The van der Waals surface area contributed by atoms with Crippen LogP contribution in [-0.4, -0.2) is 29.5 Å². The van der Waals surface area contributed by atoms with E-state index in [4.69, 9.17) is 0 Å². The third-order valence-corrected chi connectivity index (χ3v) is 2.28. The van der Waals surface area contributed by atoms with E-state index in [0.717, 1.165) is 23.2 Å². The Labute approximate surface area is 105 Å². The molecule has 0 saturated heterocycles. The number of rotatable bonds is 2. The molecule has 0 saturated carbocycles. The number of hydrogen-bond acceptors (Lipinski definition) is 5. The lowest BCUT2D eigenvalue weighted by Crippen LogP contribution is -2.27. The number of aliphatic imine (C=N–C) groups is 1.